The standard InChI is InChI=1S/C20H25ClN2O5S/c1-11(2)13-7-8-15(21)17(12(3)4)18(13)22-19(24)14-10-20(14,25)23-29(26,27)16-6-5-9-28-16/h5-9,11-12,14,23,25H,10H2,1-4H3,(H,22,24). The third-order valence-corrected chi connectivity index (χ3v) is 6.71. The fourth-order valence-corrected chi connectivity index (χ4v) is 4.99. The molecule has 2 atom stereocenters. The molecule has 7 nitrogen and oxygen atoms in total. The molecule has 1 heterocycles. The van der Waals surface area contributed by atoms with Crippen molar-refractivity contribution in [3.63, 3.8) is 0 Å². The predicted octanol–water partition coefficient (Wildman–Crippen LogP) is 3.81. The van der Waals surface area contributed by atoms with Gasteiger partial charge in [0.05, 0.1) is 12.2 Å². The molecular formula is C20H25ClN2O5S. The van der Waals surface area contributed by atoms with Crippen molar-refractivity contribution in [2.75, 3.05) is 5.32 Å². The van der Waals surface area contributed by atoms with Crippen molar-refractivity contribution in [2.45, 2.75) is 56.8 Å². The van der Waals surface area contributed by atoms with Gasteiger partial charge in [0.2, 0.25) is 11.0 Å². The molecule has 1 amide bonds. The highest BCUT2D eigenvalue weighted by molar-refractivity contribution is 7.89. The third-order valence-electron chi connectivity index (χ3n) is 4.99. The van der Waals surface area contributed by atoms with Crippen LogP contribution in [0.3, 0.4) is 0 Å². The number of carbonyl (C=O) groups is 1. The smallest absolute Gasteiger partial charge is 0.276 e. The Labute approximate surface area is 175 Å². The zero-order valence-electron chi connectivity index (χ0n) is 16.7. The molecule has 3 N–H and O–H groups in total. The Balaban J connectivity index is 1.83. The fraction of sp³-hybridized carbons (Fsp3) is 0.450. The summed E-state index contributed by atoms with van der Waals surface area (Å²) in [6.45, 7) is 7.97. The van der Waals surface area contributed by atoms with Gasteiger partial charge in [-0.25, -0.2) is 8.42 Å². The first-order chi connectivity index (χ1) is 13.5. The first kappa shape index (κ1) is 21.8. The highest BCUT2D eigenvalue weighted by Gasteiger charge is 2.60. The summed E-state index contributed by atoms with van der Waals surface area (Å²) in [6, 6.07) is 6.37. The van der Waals surface area contributed by atoms with E-state index in [1.54, 1.807) is 0 Å². The summed E-state index contributed by atoms with van der Waals surface area (Å²) in [7, 11) is -4.07. The van der Waals surface area contributed by atoms with Crippen LogP contribution in [0, 0.1) is 5.92 Å². The highest BCUT2D eigenvalue weighted by Crippen LogP contribution is 2.44. The van der Waals surface area contributed by atoms with E-state index in [0.717, 1.165) is 11.1 Å². The van der Waals surface area contributed by atoms with Crippen LogP contribution in [0.15, 0.2) is 40.0 Å². The summed E-state index contributed by atoms with van der Waals surface area (Å²) in [6.07, 6.45) is 1.18. The van der Waals surface area contributed by atoms with Gasteiger partial charge >= 0.3 is 0 Å². The minimum Gasteiger partial charge on any atom is -0.452 e. The molecule has 1 aliphatic carbocycles. The van der Waals surface area contributed by atoms with Crippen molar-refractivity contribution < 1.29 is 22.7 Å². The molecule has 1 saturated carbocycles. The summed E-state index contributed by atoms with van der Waals surface area (Å²) in [5, 5.41) is 13.7. The molecule has 0 radical (unpaired) electrons. The number of amides is 1. The highest BCUT2D eigenvalue weighted by atomic mass is 35.5. The average molecular weight is 441 g/mol. The second-order valence-corrected chi connectivity index (χ2v) is 9.96. The van der Waals surface area contributed by atoms with Crippen molar-refractivity contribution >= 4 is 33.2 Å². The lowest BCUT2D eigenvalue weighted by Crippen LogP contribution is -2.40. The monoisotopic (exact) mass is 440 g/mol. The number of hydrogen-bond acceptors (Lipinski definition) is 5. The van der Waals surface area contributed by atoms with Gasteiger partial charge in [-0.15, -0.1) is 0 Å². The maximum atomic E-state index is 12.9. The van der Waals surface area contributed by atoms with Crippen molar-refractivity contribution in [3.05, 3.63) is 46.7 Å². The van der Waals surface area contributed by atoms with Gasteiger partial charge in [-0.2, -0.15) is 4.72 Å². The lowest BCUT2D eigenvalue weighted by molar-refractivity contribution is -0.119. The van der Waals surface area contributed by atoms with Crippen molar-refractivity contribution in [1.29, 1.82) is 0 Å². The largest absolute Gasteiger partial charge is 0.452 e. The van der Waals surface area contributed by atoms with E-state index in [2.05, 4.69) is 10.0 Å². The Bertz CT molecular complexity index is 1020. The van der Waals surface area contributed by atoms with E-state index in [-0.39, 0.29) is 23.3 Å². The van der Waals surface area contributed by atoms with Gasteiger partial charge in [-0.05, 0) is 41.2 Å². The number of sulfonamides is 1. The molecule has 1 fully saturated rings. The van der Waals surface area contributed by atoms with E-state index in [0.29, 0.717) is 10.7 Å². The Morgan fingerprint density at radius 1 is 1.24 bits per heavy atom. The zero-order valence-corrected chi connectivity index (χ0v) is 18.3. The lowest BCUT2D eigenvalue weighted by Gasteiger charge is -2.22. The van der Waals surface area contributed by atoms with Gasteiger partial charge in [0.15, 0.2) is 0 Å². The van der Waals surface area contributed by atoms with Crippen LogP contribution in [0.5, 0.6) is 0 Å². The average Bonchev–Trinajstić information content (AvgIpc) is 3.02. The predicted molar refractivity (Wildman–Crippen MR) is 110 cm³/mol. The molecule has 158 valence electrons. The van der Waals surface area contributed by atoms with Crippen molar-refractivity contribution in [1.82, 2.24) is 4.72 Å². The second-order valence-electron chi connectivity index (χ2n) is 7.94. The molecule has 1 aromatic carbocycles. The quantitative estimate of drug-likeness (QED) is 0.567. The van der Waals surface area contributed by atoms with Crippen LogP contribution in [0.2, 0.25) is 5.02 Å². The number of anilines is 1. The number of benzene rings is 1. The molecular weight excluding hydrogens is 416 g/mol. The minimum atomic E-state index is -4.07. The number of carbonyl (C=O) groups excluding carboxylic acids is 1. The van der Waals surface area contributed by atoms with Crippen LogP contribution in [0.25, 0.3) is 0 Å². The first-order valence-corrected chi connectivity index (χ1v) is 11.3. The van der Waals surface area contributed by atoms with E-state index in [9.17, 15) is 18.3 Å². The zero-order chi connectivity index (χ0) is 21.6. The molecule has 2 unspecified atom stereocenters. The first-order valence-electron chi connectivity index (χ1n) is 9.39. The fourth-order valence-electron chi connectivity index (χ4n) is 3.38. The maximum absolute atomic E-state index is 12.9. The molecule has 0 saturated heterocycles. The Kier molecular flexibility index (Phi) is 5.84. The van der Waals surface area contributed by atoms with Crippen LogP contribution in [0.4, 0.5) is 5.69 Å². The second kappa shape index (κ2) is 7.75. The molecule has 2 aromatic rings. The van der Waals surface area contributed by atoms with E-state index in [1.807, 2.05) is 39.8 Å². The van der Waals surface area contributed by atoms with E-state index in [1.165, 1.54) is 18.4 Å². The normalized spacial score (nSPS) is 21.6. The van der Waals surface area contributed by atoms with Crippen molar-refractivity contribution in [2.24, 2.45) is 5.92 Å². The summed E-state index contributed by atoms with van der Waals surface area (Å²) in [4.78, 5) is 12.9. The van der Waals surface area contributed by atoms with Gasteiger partial charge in [-0.1, -0.05) is 45.4 Å². The summed E-state index contributed by atoms with van der Waals surface area (Å²) < 4.78 is 31.6. The number of halogens is 1. The Morgan fingerprint density at radius 2 is 1.93 bits per heavy atom. The maximum Gasteiger partial charge on any atom is 0.276 e. The van der Waals surface area contributed by atoms with Crippen LogP contribution in [0.1, 0.15) is 57.1 Å². The Hall–Kier alpha value is -1.87. The summed E-state index contributed by atoms with van der Waals surface area (Å²) >= 11 is 6.38. The van der Waals surface area contributed by atoms with Crippen molar-refractivity contribution in [3.8, 4) is 0 Å². The third kappa shape index (κ3) is 4.35. The molecule has 0 bridgehead atoms. The van der Waals surface area contributed by atoms with Gasteiger partial charge in [0.1, 0.15) is 5.72 Å². The van der Waals surface area contributed by atoms with Crippen LogP contribution in [-0.2, 0) is 14.8 Å². The number of hydrogen-bond donors (Lipinski definition) is 3. The molecule has 0 aliphatic heterocycles. The van der Waals surface area contributed by atoms with Crippen LogP contribution in [-0.4, -0.2) is 25.2 Å². The minimum absolute atomic E-state index is 0.0344. The van der Waals surface area contributed by atoms with Gasteiger partial charge in [0.25, 0.3) is 10.0 Å². The SMILES string of the molecule is CC(C)c1ccc(Cl)c(C(C)C)c1NC(=O)C1CC1(O)NS(=O)(=O)c1ccco1. The van der Waals surface area contributed by atoms with E-state index in [4.69, 9.17) is 16.0 Å². The molecule has 0 spiro atoms. The summed E-state index contributed by atoms with van der Waals surface area (Å²) in [5.41, 5.74) is 0.499. The number of rotatable bonds is 7. The molecule has 3 rings (SSSR count). The number of nitrogens with one attached hydrogen (secondary N) is 2. The molecule has 1 aromatic heterocycles. The summed E-state index contributed by atoms with van der Waals surface area (Å²) in [5.74, 6) is -1.20. The molecule has 1 aliphatic rings. The number of furan rings is 1. The topological polar surface area (TPSA) is 109 Å². The molecule has 9 heteroatoms. The lowest BCUT2D eigenvalue weighted by atomic mass is 9.92. The van der Waals surface area contributed by atoms with E-state index < -0.39 is 27.6 Å². The van der Waals surface area contributed by atoms with Gasteiger partial charge in [-0.3, -0.25) is 4.79 Å². The van der Waals surface area contributed by atoms with Crippen LogP contribution >= 0.6 is 11.6 Å². The number of aliphatic hydroxyl groups is 1. The van der Waals surface area contributed by atoms with Crippen LogP contribution < -0.4 is 10.0 Å². The van der Waals surface area contributed by atoms with Gasteiger partial charge < -0.3 is 14.8 Å². The van der Waals surface area contributed by atoms with Gasteiger partial charge in [0, 0.05) is 17.1 Å². The van der Waals surface area contributed by atoms with E-state index >= 15 is 0 Å². The molecule has 29 heavy (non-hydrogen) atoms. The Morgan fingerprint density at radius 3 is 2.48 bits per heavy atom.